The fraction of sp³-hybridized carbons (Fsp3) is 0.800. The van der Waals surface area contributed by atoms with Gasteiger partial charge in [-0.1, -0.05) is 6.92 Å². The van der Waals surface area contributed by atoms with Crippen LogP contribution in [0.3, 0.4) is 0 Å². The van der Waals surface area contributed by atoms with E-state index in [9.17, 15) is 18.0 Å². The van der Waals surface area contributed by atoms with E-state index in [1.807, 2.05) is 0 Å². The van der Waals surface area contributed by atoms with E-state index in [0.717, 1.165) is 0 Å². The zero-order valence-electron chi connectivity index (χ0n) is 5.27. The highest BCUT2D eigenvalue weighted by Crippen LogP contribution is 2.28. The number of hydrogen-bond acceptors (Lipinski definition) is 1. The number of alkyl halides is 3. The van der Waals surface area contributed by atoms with Gasteiger partial charge in [0.25, 0.3) is 0 Å². The third kappa shape index (κ3) is 2.24. The first-order valence-electron chi connectivity index (χ1n) is 2.69. The van der Waals surface area contributed by atoms with Crippen LogP contribution in [0, 0.1) is 5.92 Å². The van der Waals surface area contributed by atoms with Crippen LogP contribution in [0.2, 0.25) is 0 Å². The Bertz CT molecular complexity index is 129. The van der Waals surface area contributed by atoms with E-state index >= 15 is 0 Å². The number of halogens is 3. The molecule has 60 valence electrons. The molecule has 10 heavy (non-hydrogen) atoms. The lowest BCUT2D eigenvalue weighted by Gasteiger charge is -2.12. The predicted molar refractivity (Wildman–Crippen MR) is 27.5 cm³/mol. The molecule has 0 aliphatic heterocycles. The maximum atomic E-state index is 11.6. The second-order valence-electron chi connectivity index (χ2n) is 1.84. The lowest BCUT2D eigenvalue weighted by atomic mass is 10.1. The summed E-state index contributed by atoms with van der Waals surface area (Å²) >= 11 is 0. The minimum absolute atomic E-state index is 0.418. The van der Waals surface area contributed by atoms with Crippen LogP contribution in [-0.2, 0) is 4.79 Å². The summed E-state index contributed by atoms with van der Waals surface area (Å²) in [6.07, 6.45) is -5.03. The summed E-state index contributed by atoms with van der Waals surface area (Å²) in [4.78, 5) is 9.86. The first-order valence-corrected chi connectivity index (χ1v) is 2.69. The highest BCUT2D eigenvalue weighted by atomic mass is 19.4. The minimum Gasteiger partial charge on any atom is -0.481 e. The fourth-order valence-corrected chi connectivity index (χ4v) is 0.546. The molecule has 0 rings (SSSR count). The van der Waals surface area contributed by atoms with E-state index in [1.54, 1.807) is 0 Å². The van der Waals surface area contributed by atoms with Crippen molar-refractivity contribution in [2.45, 2.75) is 19.5 Å². The van der Waals surface area contributed by atoms with E-state index in [1.165, 1.54) is 6.92 Å². The maximum Gasteiger partial charge on any atom is 0.402 e. The van der Waals surface area contributed by atoms with E-state index < -0.39 is 24.5 Å². The SMILES string of the molecule is CC[C@H](C(=O)O)C(F)(F)F. The monoisotopic (exact) mass is 156 g/mol. The Kier molecular flexibility index (Phi) is 2.68. The summed E-state index contributed by atoms with van der Waals surface area (Å²) in [5.41, 5.74) is 0. The molecule has 0 amide bonds. The van der Waals surface area contributed by atoms with Crippen molar-refractivity contribution in [1.29, 1.82) is 0 Å². The zero-order chi connectivity index (χ0) is 8.36. The van der Waals surface area contributed by atoms with Gasteiger partial charge in [-0.25, -0.2) is 0 Å². The largest absolute Gasteiger partial charge is 0.481 e. The molecule has 0 saturated heterocycles. The van der Waals surface area contributed by atoms with Crippen molar-refractivity contribution in [2.75, 3.05) is 0 Å². The molecule has 0 unspecified atom stereocenters. The lowest BCUT2D eigenvalue weighted by molar-refractivity contribution is -0.193. The zero-order valence-corrected chi connectivity index (χ0v) is 5.27. The predicted octanol–water partition coefficient (Wildman–Crippen LogP) is 1.66. The van der Waals surface area contributed by atoms with Crippen molar-refractivity contribution >= 4 is 5.97 Å². The van der Waals surface area contributed by atoms with E-state index in [4.69, 9.17) is 5.11 Å². The Hall–Kier alpha value is -0.740. The van der Waals surface area contributed by atoms with Gasteiger partial charge in [0.15, 0.2) is 5.92 Å². The molecular weight excluding hydrogens is 149 g/mol. The van der Waals surface area contributed by atoms with Crippen LogP contribution in [0.4, 0.5) is 13.2 Å². The summed E-state index contributed by atoms with van der Waals surface area (Å²) in [5.74, 6) is -4.03. The smallest absolute Gasteiger partial charge is 0.402 e. The summed E-state index contributed by atoms with van der Waals surface area (Å²) < 4.78 is 34.8. The number of carboxylic acids is 1. The molecule has 0 aliphatic rings. The number of aliphatic carboxylic acids is 1. The minimum atomic E-state index is -4.61. The van der Waals surface area contributed by atoms with E-state index in [2.05, 4.69) is 0 Å². The molecule has 0 aliphatic carbocycles. The Morgan fingerprint density at radius 1 is 1.60 bits per heavy atom. The van der Waals surface area contributed by atoms with E-state index in [-0.39, 0.29) is 0 Å². The third-order valence-electron chi connectivity index (χ3n) is 1.10. The van der Waals surface area contributed by atoms with Crippen molar-refractivity contribution in [2.24, 2.45) is 5.92 Å². The van der Waals surface area contributed by atoms with Crippen molar-refractivity contribution in [1.82, 2.24) is 0 Å². The molecule has 0 bridgehead atoms. The first kappa shape index (κ1) is 9.26. The van der Waals surface area contributed by atoms with Gasteiger partial charge < -0.3 is 5.11 Å². The second kappa shape index (κ2) is 2.90. The number of carboxylic acid groups (broad SMARTS) is 1. The van der Waals surface area contributed by atoms with Crippen LogP contribution in [0.1, 0.15) is 13.3 Å². The third-order valence-corrected chi connectivity index (χ3v) is 1.10. The number of rotatable bonds is 2. The molecule has 0 heterocycles. The number of carbonyl (C=O) groups is 1. The van der Waals surface area contributed by atoms with E-state index in [0.29, 0.717) is 0 Å². The summed E-state index contributed by atoms with van der Waals surface area (Å²) in [7, 11) is 0. The molecule has 0 spiro atoms. The van der Waals surface area contributed by atoms with Gasteiger partial charge in [0, 0.05) is 0 Å². The fourth-order valence-electron chi connectivity index (χ4n) is 0.546. The van der Waals surface area contributed by atoms with Crippen molar-refractivity contribution in [3.63, 3.8) is 0 Å². The van der Waals surface area contributed by atoms with Crippen molar-refractivity contribution in [3.8, 4) is 0 Å². The molecule has 0 radical (unpaired) electrons. The Morgan fingerprint density at radius 2 is 2.00 bits per heavy atom. The van der Waals surface area contributed by atoms with Crippen LogP contribution < -0.4 is 0 Å². The Labute approximate surface area is 55.7 Å². The highest BCUT2D eigenvalue weighted by molar-refractivity contribution is 5.70. The summed E-state index contributed by atoms with van der Waals surface area (Å²) in [5, 5.41) is 7.99. The van der Waals surface area contributed by atoms with Gasteiger partial charge in [-0.15, -0.1) is 0 Å². The summed E-state index contributed by atoms with van der Waals surface area (Å²) in [6.45, 7) is 1.19. The maximum absolute atomic E-state index is 11.6. The van der Waals surface area contributed by atoms with Gasteiger partial charge in [-0.05, 0) is 6.42 Å². The molecule has 1 atom stereocenters. The van der Waals surface area contributed by atoms with Gasteiger partial charge in [0.05, 0.1) is 0 Å². The van der Waals surface area contributed by atoms with Gasteiger partial charge in [0.1, 0.15) is 0 Å². The Morgan fingerprint density at radius 3 is 2.00 bits per heavy atom. The first-order chi connectivity index (χ1) is 4.39. The normalized spacial score (nSPS) is 14.8. The van der Waals surface area contributed by atoms with Crippen LogP contribution in [0.5, 0.6) is 0 Å². The highest BCUT2D eigenvalue weighted by Gasteiger charge is 2.43. The molecule has 2 nitrogen and oxygen atoms in total. The van der Waals surface area contributed by atoms with Gasteiger partial charge in [0.2, 0.25) is 0 Å². The number of hydrogen-bond donors (Lipinski definition) is 1. The van der Waals surface area contributed by atoms with Gasteiger partial charge >= 0.3 is 12.1 Å². The van der Waals surface area contributed by atoms with Crippen LogP contribution >= 0.6 is 0 Å². The molecule has 0 saturated carbocycles. The molecule has 0 aromatic rings. The molecular formula is C5H7F3O2. The van der Waals surface area contributed by atoms with Crippen LogP contribution in [-0.4, -0.2) is 17.3 Å². The van der Waals surface area contributed by atoms with Crippen molar-refractivity contribution < 1.29 is 23.1 Å². The van der Waals surface area contributed by atoms with Crippen LogP contribution in [0.25, 0.3) is 0 Å². The molecule has 5 heteroatoms. The molecule has 0 aromatic carbocycles. The molecule has 0 aromatic heterocycles. The molecule has 1 N–H and O–H groups in total. The van der Waals surface area contributed by atoms with Gasteiger partial charge in [-0.2, -0.15) is 13.2 Å². The van der Waals surface area contributed by atoms with Gasteiger partial charge in [-0.3, -0.25) is 4.79 Å². The topological polar surface area (TPSA) is 37.3 Å². The second-order valence-corrected chi connectivity index (χ2v) is 1.84. The lowest BCUT2D eigenvalue weighted by Crippen LogP contribution is -2.29. The summed E-state index contributed by atoms with van der Waals surface area (Å²) in [6, 6.07) is 0. The quantitative estimate of drug-likeness (QED) is 0.660. The Balaban J connectivity index is 4.22. The molecule has 0 fully saturated rings. The van der Waals surface area contributed by atoms with Crippen LogP contribution in [0.15, 0.2) is 0 Å². The standard InChI is InChI=1S/C5H7F3O2/c1-2-3(4(9)10)5(6,7)8/h3H,2H2,1H3,(H,9,10)/t3-/m1/s1. The average molecular weight is 156 g/mol. The average Bonchev–Trinajstić information content (AvgIpc) is 1.60. The van der Waals surface area contributed by atoms with Crippen molar-refractivity contribution in [3.05, 3.63) is 0 Å².